The average molecular weight is 506 g/mol. The number of carboxylic acids is 1. The van der Waals surface area contributed by atoms with Gasteiger partial charge in [0.2, 0.25) is 0 Å². The number of imidazole rings is 1. The van der Waals surface area contributed by atoms with Crippen LogP contribution in [-0.4, -0.2) is 37.2 Å². The SMILES string of the molecule is CC(C)(O)c1ccc(-c2ccc(-c3nc4nc(OC5CCC(C(=O)O)CC5)[nH]c4cc3Cl)cc2)cc1. The number of pyridine rings is 1. The van der Waals surface area contributed by atoms with Crippen LogP contribution in [0.5, 0.6) is 6.01 Å². The Morgan fingerprint density at radius 2 is 1.56 bits per heavy atom. The van der Waals surface area contributed by atoms with Crippen molar-refractivity contribution in [3.63, 3.8) is 0 Å². The van der Waals surface area contributed by atoms with Crippen molar-refractivity contribution >= 4 is 28.7 Å². The molecule has 0 bridgehead atoms. The van der Waals surface area contributed by atoms with Crippen molar-refractivity contribution in [2.75, 3.05) is 0 Å². The molecule has 1 fully saturated rings. The van der Waals surface area contributed by atoms with Crippen molar-refractivity contribution < 1.29 is 19.7 Å². The predicted molar refractivity (Wildman–Crippen MR) is 139 cm³/mol. The van der Waals surface area contributed by atoms with Gasteiger partial charge in [-0.15, -0.1) is 0 Å². The van der Waals surface area contributed by atoms with Crippen LogP contribution in [0.4, 0.5) is 0 Å². The molecule has 0 atom stereocenters. The largest absolute Gasteiger partial charge is 0.481 e. The summed E-state index contributed by atoms with van der Waals surface area (Å²) in [4.78, 5) is 23.5. The van der Waals surface area contributed by atoms with Gasteiger partial charge in [0.1, 0.15) is 6.10 Å². The van der Waals surface area contributed by atoms with Crippen LogP contribution in [0.1, 0.15) is 45.1 Å². The van der Waals surface area contributed by atoms with Crippen LogP contribution in [0.25, 0.3) is 33.5 Å². The van der Waals surface area contributed by atoms with Crippen molar-refractivity contribution in [2.45, 2.75) is 51.2 Å². The van der Waals surface area contributed by atoms with Gasteiger partial charge < -0.3 is 19.9 Å². The maximum atomic E-state index is 11.2. The predicted octanol–water partition coefficient (Wildman–Crippen LogP) is 6.19. The quantitative estimate of drug-likeness (QED) is 0.288. The molecule has 36 heavy (non-hydrogen) atoms. The summed E-state index contributed by atoms with van der Waals surface area (Å²) in [5, 5.41) is 19.8. The zero-order valence-electron chi connectivity index (χ0n) is 20.2. The summed E-state index contributed by atoms with van der Waals surface area (Å²) in [6.45, 7) is 3.54. The number of aromatic nitrogens is 3. The van der Waals surface area contributed by atoms with Crippen LogP contribution in [-0.2, 0) is 10.4 Å². The second-order valence-corrected chi connectivity index (χ2v) is 10.3. The molecular formula is C28H28ClN3O4. The fourth-order valence-corrected chi connectivity index (χ4v) is 4.89. The Hall–Kier alpha value is -3.42. The highest BCUT2D eigenvalue weighted by molar-refractivity contribution is 6.33. The molecule has 4 aromatic rings. The van der Waals surface area contributed by atoms with Crippen molar-refractivity contribution in [1.29, 1.82) is 0 Å². The van der Waals surface area contributed by atoms with Crippen molar-refractivity contribution in [3.05, 3.63) is 65.2 Å². The summed E-state index contributed by atoms with van der Waals surface area (Å²) in [5.74, 6) is -1.03. The highest BCUT2D eigenvalue weighted by Gasteiger charge is 2.27. The molecule has 1 aliphatic rings. The standard InChI is InChI=1S/C28H28ClN3O4/c1-28(2,35)20-11-7-17(8-12-20)16-3-5-18(6-4-16)24-22(29)15-23-25(31-24)32-27(30-23)36-21-13-9-19(10-14-21)26(33)34/h3-8,11-12,15,19,21,35H,9-10,13-14H2,1-2H3,(H,33,34)(H,30,31,32). The van der Waals surface area contributed by atoms with Gasteiger partial charge in [-0.25, -0.2) is 4.98 Å². The number of nitrogens with zero attached hydrogens (tertiary/aromatic N) is 2. The number of hydrogen-bond donors (Lipinski definition) is 3. The van der Waals surface area contributed by atoms with E-state index in [-0.39, 0.29) is 12.0 Å². The number of benzene rings is 2. The zero-order valence-corrected chi connectivity index (χ0v) is 20.9. The minimum absolute atomic E-state index is 0.0684. The molecule has 2 heterocycles. The average Bonchev–Trinajstić information content (AvgIpc) is 3.24. The summed E-state index contributed by atoms with van der Waals surface area (Å²) < 4.78 is 5.99. The molecule has 1 saturated carbocycles. The number of fused-ring (bicyclic) bond motifs is 1. The number of aliphatic carboxylic acids is 1. The van der Waals surface area contributed by atoms with E-state index in [1.165, 1.54) is 0 Å². The normalized spacial score (nSPS) is 18.3. The van der Waals surface area contributed by atoms with E-state index in [9.17, 15) is 15.0 Å². The molecule has 0 spiro atoms. The number of aromatic amines is 1. The molecule has 2 aromatic carbocycles. The molecule has 0 unspecified atom stereocenters. The van der Waals surface area contributed by atoms with Gasteiger partial charge in [0.05, 0.1) is 27.8 Å². The molecule has 1 aliphatic carbocycles. The molecule has 0 aliphatic heterocycles. The second kappa shape index (κ2) is 9.56. The number of halogens is 1. The molecule has 0 saturated heterocycles. The zero-order chi connectivity index (χ0) is 25.4. The number of carbonyl (C=O) groups is 1. The number of H-pyrrole nitrogens is 1. The summed E-state index contributed by atoms with van der Waals surface area (Å²) in [6, 6.07) is 18.0. The number of aliphatic hydroxyl groups is 1. The third-order valence-electron chi connectivity index (χ3n) is 6.79. The smallest absolute Gasteiger partial charge is 0.306 e. The lowest BCUT2D eigenvalue weighted by atomic mass is 9.87. The van der Waals surface area contributed by atoms with E-state index in [1.54, 1.807) is 19.9 Å². The third-order valence-corrected chi connectivity index (χ3v) is 7.08. The van der Waals surface area contributed by atoms with E-state index < -0.39 is 11.6 Å². The van der Waals surface area contributed by atoms with E-state index in [1.807, 2.05) is 48.5 Å². The van der Waals surface area contributed by atoms with E-state index in [2.05, 4.69) is 15.0 Å². The summed E-state index contributed by atoms with van der Waals surface area (Å²) in [5.41, 5.74) is 4.78. The number of carboxylic acid groups (broad SMARTS) is 1. The maximum Gasteiger partial charge on any atom is 0.306 e. The molecule has 7 nitrogen and oxygen atoms in total. The molecule has 186 valence electrons. The minimum Gasteiger partial charge on any atom is -0.481 e. The fourth-order valence-electron chi connectivity index (χ4n) is 4.63. The van der Waals surface area contributed by atoms with Crippen LogP contribution in [0, 0.1) is 5.92 Å². The topological polar surface area (TPSA) is 108 Å². The van der Waals surface area contributed by atoms with Gasteiger partial charge in [-0.2, -0.15) is 4.98 Å². The molecule has 5 rings (SSSR count). The first-order valence-electron chi connectivity index (χ1n) is 12.1. The summed E-state index contributed by atoms with van der Waals surface area (Å²) in [7, 11) is 0. The Bertz CT molecular complexity index is 1380. The molecular weight excluding hydrogens is 478 g/mol. The lowest BCUT2D eigenvalue weighted by Crippen LogP contribution is -2.28. The molecule has 0 radical (unpaired) electrons. The number of hydrogen-bond acceptors (Lipinski definition) is 5. The molecule has 8 heteroatoms. The molecule has 2 aromatic heterocycles. The van der Waals surface area contributed by atoms with Gasteiger partial charge in [0, 0.05) is 5.56 Å². The van der Waals surface area contributed by atoms with Crippen molar-refractivity contribution in [1.82, 2.24) is 15.0 Å². The molecule has 0 amide bonds. The first-order chi connectivity index (χ1) is 17.2. The summed E-state index contributed by atoms with van der Waals surface area (Å²) in [6.07, 6.45) is 2.50. The van der Waals surface area contributed by atoms with E-state index in [0.717, 1.165) is 22.3 Å². The minimum atomic E-state index is -0.875. The Labute approximate surface area is 214 Å². The van der Waals surface area contributed by atoms with Gasteiger partial charge in [0.25, 0.3) is 6.01 Å². The van der Waals surface area contributed by atoms with Crippen molar-refractivity contribution in [2.24, 2.45) is 5.92 Å². The highest BCUT2D eigenvalue weighted by Crippen LogP contribution is 2.33. The van der Waals surface area contributed by atoms with Gasteiger partial charge in [0.15, 0.2) is 5.65 Å². The van der Waals surface area contributed by atoms with Gasteiger partial charge in [-0.05, 0) is 62.3 Å². The Morgan fingerprint density at radius 1 is 0.972 bits per heavy atom. The Kier molecular flexibility index (Phi) is 6.45. The second-order valence-electron chi connectivity index (χ2n) is 9.88. The number of ether oxygens (including phenoxy) is 1. The maximum absolute atomic E-state index is 11.2. The van der Waals surface area contributed by atoms with E-state index in [0.29, 0.717) is 53.6 Å². The highest BCUT2D eigenvalue weighted by atomic mass is 35.5. The lowest BCUT2D eigenvalue weighted by Gasteiger charge is -2.25. The molecule has 3 N–H and O–H groups in total. The first-order valence-corrected chi connectivity index (χ1v) is 12.4. The first kappa shape index (κ1) is 24.3. The van der Waals surface area contributed by atoms with Crippen LogP contribution in [0.15, 0.2) is 54.6 Å². The van der Waals surface area contributed by atoms with Gasteiger partial charge >= 0.3 is 5.97 Å². The van der Waals surface area contributed by atoms with Crippen LogP contribution in [0.3, 0.4) is 0 Å². The van der Waals surface area contributed by atoms with Crippen LogP contribution >= 0.6 is 11.6 Å². The number of nitrogens with one attached hydrogen (secondary N) is 1. The van der Waals surface area contributed by atoms with Gasteiger partial charge in [-0.3, -0.25) is 4.79 Å². The van der Waals surface area contributed by atoms with Crippen LogP contribution in [0.2, 0.25) is 5.02 Å². The fraction of sp³-hybridized carbons (Fsp3) is 0.321. The van der Waals surface area contributed by atoms with Crippen LogP contribution < -0.4 is 4.74 Å². The third kappa shape index (κ3) is 5.08. The summed E-state index contributed by atoms with van der Waals surface area (Å²) >= 11 is 6.57. The monoisotopic (exact) mass is 505 g/mol. The Morgan fingerprint density at radius 3 is 2.14 bits per heavy atom. The number of rotatable bonds is 6. The van der Waals surface area contributed by atoms with E-state index >= 15 is 0 Å². The van der Waals surface area contributed by atoms with Crippen molar-refractivity contribution in [3.8, 4) is 28.4 Å². The van der Waals surface area contributed by atoms with E-state index in [4.69, 9.17) is 16.3 Å². The van der Waals surface area contributed by atoms with Gasteiger partial charge in [-0.1, -0.05) is 60.1 Å². The Balaban J connectivity index is 1.33. The lowest BCUT2D eigenvalue weighted by molar-refractivity contribution is -0.143.